The van der Waals surface area contributed by atoms with E-state index in [4.69, 9.17) is 9.16 Å². The van der Waals surface area contributed by atoms with E-state index in [0.717, 1.165) is 4.47 Å². The van der Waals surface area contributed by atoms with E-state index in [2.05, 4.69) is 90.2 Å². The predicted octanol–water partition coefficient (Wildman–Crippen LogP) is 4.75. The van der Waals surface area contributed by atoms with E-state index in [1.54, 1.807) is 17.2 Å². The first-order valence-corrected chi connectivity index (χ1v) is 13.4. The van der Waals surface area contributed by atoms with Crippen LogP contribution in [0.1, 0.15) is 20.8 Å². The van der Waals surface area contributed by atoms with Crippen molar-refractivity contribution in [1.29, 1.82) is 0 Å². The molecule has 2 heterocycles. The smallest absolute Gasteiger partial charge is 0.416 e. The van der Waals surface area contributed by atoms with E-state index in [0.29, 0.717) is 19.0 Å². The van der Waals surface area contributed by atoms with E-state index >= 15 is 0 Å². The van der Waals surface area contributed by atoms with Crippen LogP contribution in [0.4, 0.5) is 10.6 Å². The summed E-state index contributed by atoms with van der Waals surface area (Å²) in [6, 6.07) is 24.6. The van der Waals surface area contributed by atoms with Crippen molar-refractivity contribution in [3.05, 3.63) is 83.5 Å². The van der Waals surface area contributed by atoms with Gasteiger partial charge in [-0.3, -0.25) is 4.90 Å². The molecule has 1 saturated heterocycles. The number of cyclic esters (lactones) is 1. The predicted molar refractivity (Wildman–Crippen MR) is 133 cm³/mol. The highest BCUT2D eigenvalue weighted by Crippen LogP contribution is 2.37. The van der Waals surface area contributed by atoms with Crippen LogP contribution in [-0.2, 0) is 9.16 Å². The zero-order valence-electron chi connectivity index (χ0n) is 18.5. The van der Waals surface area contributed by atoms with Crippen molar-refractivity contribution < 1.29 is 14.0 Å². The quantitative estimate of drug-likeness (QED) is 0.449. The number of rotatable bonds is 6. The molecule has 3 aromatic rings. The number of amides is 1. The molecular weight excluding hydrogens is 484 g/mol. The molecule has 1 amide bonds. The molecule has 0 radical (unpaired) electrons. The fourth-order valence-corrected chi connectivity index (χ4v) is 9.13. The number of anilines is 1. The minimum atomic E-state index is -2.68. The van der Waals surface area contributed by atoms with Crippen LogP contribution >= 0.6 is 15.9 Å². The summed E-state index contributed by atoms with van der Waals surface area (Å²) in [6.45, 7) is 7.44. The summed E-state index contributed by atoms with van der Waals surface area (Å²) in [4.78, 5) is 18.4. The average molecular weight is 511 g/mol. The molecule has 5 nitrogen and oxygen atoms in total. The Morgan fingerprint density at radius 1 is 1.03 bits per heavy atom. The van der Waals surface area contributed by atoms with Crippen molar-refractivity contribution in [1.82, 2.24) is 4.98 Å². The van der Waals surface area contributed by atoms with Gasteiger partial charge in [0.2, 0.25) is 0 Å². The lowest BCUT2D eigenvalue weighted by molar-refractivity contribution is 0.101. The number of aromatic nitrogens is 1. The van der Waals surface area contributed by atoms with Gasteiger partial charge in [0.25, 0.3) is 8.32 Å². The molecule has 32 heavy (non-hydrogen) atoms. The van der Waals surface area contributed by atoms with E-state index in [1.807, 2.05) is 18.2 Å². The summed E-state index contributed by atoms with van der Waals surface area (Å²) in [5, 5.41) is 2.27. The molecule has 7 heteroatoms. The molecule has 4 rings (SSSR count). The van der Waals surface area contributed by atoms with Crippen LogP contribution in [0.5, 0.6) is 0 Å². The fourth-order valence-electron chi connectivity index (χ4n) is 4.30. The summed E-state index contributed by atoms with van der Waals surface area (Å²) < 4.78 is 13.4. The monoisotopic (exact) mass is 510 g/mol. The molecule has 1 aliphatic rings. The molecule has 0 spiro atoms. The molecule has 1 atom stereocenters. The van der Waals surface area contributed by atoms with Crippen molar-refractivity contribution >= 4 is 46.5 Å². The number of hydrogen-bond donors (Lipinski definition) is 0. The van der Waals surface area contributed by atoms with Gasteiger partial charge in [0.05, 0.1) is 13.2 Å². The van der Waals surface area contributed by atoms with Crippen LogP contribution in [0.25, 0.3) is 0 Å². The Kier molecular flexibility index (Phi) is 6.51. The van der Waals surface area contributed by atoms with Gasteiger partial charge in [0.1, 0.15) is 11.9 Å². The fraction of sp³-hybridized carbons (Fsp3) is 0.280. The Hall–Kier alpha value is -2.48. The molecule has 0 aliphatic carbocycles. The maximum Gasteiger partial charge on any atom is 0.416 e. The van der Waals surface area contributed by atoms with E-state index in [9.17, 15) is 4.79 Å². The SMILES string of the molecule is CC(C)(C)[Si](OCC1CN(c2ccc(Br)cn2)C(=O)O1)(c1ccccc1)c1ccccc1. The van der Waals surface area contributed by atoms with Crippen LogP contribution in [0.2, 0.25) is 5.04 Å². The lowest BCUT2D eigenvalue weighted by atomic mass is 10.2. The largest absolute Gasteiger partial charge is 0.441 e. The highest BCUT2D eigenvalue weighted by atomic mass is 79.9. The van der Waals surface area contributed by atoms with E-state index in [1.165, 1.54) is 10.4 Å². The number of benzene rings is 2. The Morgan fingerprint density at radius 2 is 1.62 bits per heavy atom. The van der Waals surface area contributed by atoms with Gasteiger partial charge in [-0.15, -0.1) is 0 Å². The summed E-state index contributed by atoms with van der Waals surface area (Å²) in [6.07, 6.45) is 0.917. The van der Waals surface area contributed by atoms with Gasteiger partial charge >= 0.3 is 6.09 Å². The highest BCUT2D eigenvalue weighted by molar-refractivity contribution is 9.10. The third-order valence-corrected chi connectivity index (χ3v) is 11.2. The molecule has 0 N–H and O–H groups in total. The van der Waals surface area contributed by atoms with Gasteiger partial charge in [0, 0.05) is 10.7 Å². The second-order valence-electron chi connectivity index (χ2n) is 8.93. The Bertz CT molecular complexity index is 1020. The zero-order chi connectivity index (χ0) is 22.8. The summed E-state index contributed by atoms with van der Waals surface area (Å²) in [5.41, 5.74) is 0. The maximum absolute atomic E-state index is 12.5. The summed E-state index contributed by atoms with van der Waals surface area (Å²) in [5.74, 6) is 0.575. The highest BCUT2D eigenvalue weighted by Gasteiger charge is 2.51. The Morgan fingerprint density at radius 3 is 2.12 bits per heavy atom. The molecule has 1 unspecified atom stereocenters. The van der Waals surface area contributed by atoms with Crippen molar-refractivity contribution in [2.24, 2.45) is 0 Å². The maximum atomic E-state index is 12.5. The van der Waals surface area contributed by atoms with Crippen LogP contribution < -0.4 is 15.3 Å². The molecule has 166 valence electrons. The third-order valence-electron chi connectivity index (χ3n) is 5.76. The Labute approximate surface area is 198 Å². The van der Waals surface area contributed by atoms with Crippen molar-refractivity contribution in [2.75, 3.05) is 18.1 Å². The molecule has 1 aromatic heterocycles. The Balaban J connectivity index is 1.63. The first kappa shape index (κ1) is 22.7. The molecule has 1 fully saturated rings. The van der Waals surface area contributed by atoms with E-state index < -0.39 is 14.4 Å². The van der Waals surface area contributed by atoms with Gasteiger partial charge in [-0.1, -0.05) is 81.4 Å². The number of nitrogens with zero attached hydrogens (tertiary/aromatic N) is 2. The first-order chi connectivity index (χ1) is 15.3. The number of pyridine rings is 1. The van der Waals surface area contributed by atoms with Gasteiger partial charge < -0.3 is 9.16 Å². The van der Waals surface area contributed by atoms with Crippen molar-refractivity contribution in [3.63, 3.8) is 0 Å². The van der Waals surface area contributed by atoms with Crippen LogP contribution in [0.15, 0.2) is 83.5 Å². The number of halogens is 1. The zero-order valence-corrected chi connectivity index (χ0v) is 21.1. The minimum Gasteiger partial charge on any atom is -0.441 e. The molecule has 0 saturated carbocycles. The van der Waals surface area contributed by atoms with Crippen LogP contribution in [-0.4, -0.2) is 38.7 Å². The molecular formula is C25H27BrN2O3Si. The van der Waals surface area contributed by atoms with E-state index in [-0.39, 0.29) is 11.1 Å². The molecule has 1 aliphatic heterocycles. The number of ether oxygens (including phenoxy) is 1. The van der Waals surface area contributed by atoms with Crippen molar-refractivity contribution in [2.45, 2.75) is 31.9 Å². The van der Waals surface area contributed by atoms with Gasteiger partial charge in [-0.05, 0) is 43.5 Å². The molecule has 2 aromatic carbocycles. The van der Waals surface area contributed by atoms with Gasteiger partial charge in [-0.2, -0.15) is 0 Å². The topological polar surface area (TPSA) is 51.7 Å². The lowest BCUT2D eigenvalue weighted by Gasteiger charge is -2.43. The molecule has 0 bridgehead atoms. The van der Waals surface area contributed by atoms with Crippen LogP contribution in [0.3, 0.4) is 0 Å². The summed E-state index contributed by atoms with van der Waals surface area (Å²) >= 11 is 3.38. The second-order valence-corrected chi connectivity index (χ2v) is 14.1. The average Bonchev–Trinajstić information content (AvgIpc) is 3.16. The number of carbonyl (C=O) groups excluding carboxylic acids is 1. The number of hydrogen-bond acceptors (Lipinski definition) is 4. The van der Waals surface area contributed by atoms with Gasteiger partial charge in [0.15, 0.2) is 0 Å². The van der Waals surface area contributed by atoms with Crippen molar-refractivity contribution in [3.8, 4) is 0 Å². The van der Waals surface area contributed by atoms with Gasteiger partial charge in [-0.25, -0.2) is 9.78 Å². The summed E-state index contributed by atoms with van der Waals surface area (Å²) in [7, 11) is -2.68. The third kappa shape index (κ3) is 4.37. The lowest BCUT2D eigenvalue weighted by Crippen LogP contribution is -2.67. The second kappa shape index (κ2) is 9.17. The van der Waals surface area contributed by atoms with Crippen LogP contribution in [0, 0.1) is 0 Å². The number of carbonyl (C=O) groups is 1. The minimum absolute atomic E-state index is 0.134. The normalized spacial score (nSPS) is 16.8. The standard InChI is InChI=1S/C25H27BrN2O3Si/c1-25(2,3)32(21-10-6-4-7-11-21,22-12-8-5-9-13-22)30-18-20-17-28(24(29)31-20)23-15-14-19(26)16-27-23/h4-16,20H,17-18H2,1-3H3. The first-order valence-electron chi connectivity index (χ1n) is 10.7.